The molecule has 4 heteroatoms. The van der Waals surface area contributed by atoms with Crippen molar-refractivity contribution < 1.29 is 0 Å². The molecule has 29 heavy (non-hydrogen) atoms. The van der Waals surface area contributed by atoms with Crippen LogP contribution in [0.1, 0.15) is 5.56 Å². The molecule has 0 fully saturated rings. The number of rotatable bonds is 1. The summed E-state index contributed by atoms with van der Waals surface area (Å²) in [6.07, 6.45) is 0. The van der Waals surface area contributed by atoms with Gasteiger partial charge in [0, 0.05) is 34.4 Å². The number of fused-ring (bicyclic) bond motifs is 7. The molecule has 0 unspecified atom stereocenters. The maximum Gasteiger partial charge on any atom is 0.0542 e. The van der Waals surface area contributed by atoms with Crippen LogP contribution in [-0.2, 0) is 0 Å². The van der Waals surface area contributed by atoms with Crippen molar-refractivity contribution in [2.24, 2.45) is 0 Å². The fourth-order valence-electron chi connectivity index (χ4n) is 4.11. The van der Waals surface area contributed by atoms with Crippen molar-refractivity contribution in [1.29, 1.82) is 0 Å². The summed E-state index contributed by atoms with van der Waals surface area (Å²) in [4.78, 5) is 1.35. The van der Waals surface area contributed by atoms with E-state index in [0.29, 0.717) is 0 Å². The van der Waals surface area contributed by atoms with Crippen LogP contribution in [0, 0.1) is 6.92 Å². The van der Waals surface area contributed by atoms with Gasteiger partial charge in [-0.3, -0.25) is 0 Å². The molecule has 0 saturated heterocycles. The molecule has 0 atom stereocenters. The Labute approximate surface area is 183 Å². The Bertz CT molecular complexity index is 1700. The van der Waals surface area contributed by atoms with E-state index in [4.69, 9.17) is 0 Å². The monoisotopic (exact) mass is 442 g/mol. The van der Waals surface area contributed by atoms with Crippen LogP contribution in [0.3, 0.4) is 0 Å². The van der Waals surface area contributed by atoms with Gasteiger partial charge in [-0.1, -0.05) is 29.8 Å². The zero-order chi connectivity index (χ0) is 19.1. The second kappa shape index (κ2) is 5.89. The van der Waals surface area contributed by atoms with E-state index in [1.165, 1.54) is 65.7 Å². The average Bonchev–Trinajstić information content (AvgIpc) is 3.47. The average molecular weight is 443 g/mol. The van der Waals surface area contributed by atoms with Crippen molar-refractivity contribution in [1.82, 2.24) is 0 Å². The number of aryl methyl sites for hydroxylation is 1. The van der Waals surface area contributed by atoms with Gasteiger partial charge in [-0.15, -0.1) is 45.3 Å². The number of thiophene rings is 4. The minimum Gasteiger partial charge on any atom is -0.144 e. The Morgan fingerprint density at radius 2 is 1.28 bits per heavy atom. The molecule has 0 amide bonds. The van der Waals surface area contributed by atoms with Crippen LogP contribution in [0.5, 0.6) is 0 Å². The molecule has 4 aromatic heterocycles. The van der Waals surface area contributed by atoms with Gasteiger partial charge in [0.15, 0.2) is 0 Å². The molecular weight excluding hydrogens is 429 g/mol. The van der Waals surface area contributed by atoms with Crippen molar-refractivity contribution in [3.8, 4) is 10.4 Å². The maximum absolute atomic E-state index is 2.42. The zero-order valence-corrected chi connectivity index (χ0v) is 18.7. The van der Waals surface area contributed by atoms with Crippen LogP contribution in [0.15, 0.2) is 66.0 Å². The Morgan fingerprint density at radius 1 is 0.586 bits per heavy atom. The van der Waals surface area contributed by atoms with E-state index in [1.54, 1.807) is 0 Å². The summed E-state index contributed by atoms with van der Waals surface area (Å²) >= 11 is 7.64. The molecule has 0 aliphatic rings. The van der Waals surface area contributed by atoms with Gasteiger partial charge in [0.25, 0.3) is 0 Å². The SMILES string of the molecule is Cc1ccc(-c2cc3cc4sc5c6cc7sccc7cc6sc5c4cc3s2)cc1. The lowest BCUT2D eigenvalue weighted by Gasteiger charge is -1.96. The Morgan fingerprint density at radius 3 is 2.03 bits per heavy atom. The van der Waals surface area contributed by atoms with Crippen molar-refractivity contribution >= 4 is 95.1 Å². The smallest absolute Gasteiger partial charge is 0.0542 e. The van der Waals surface area contributed by atoms with Gasteiger partial charge in [0.05, 0.1) is 9.40 Å². The highest BCUT2D eigenvalue weighted by Gasteiger charge is 2.15. The topological polar surface area (TPSA) is 0 Å². The number of hydrogen-bond donors (Lipinski definition) is 0. The van der Waals surface area contributed by atoms with Crippen LogP contribution in [-0.4, -0.2) is 0 Å². The summed E-state index contributed by atoms with van der Waals surface area (Å²) in [6.45, 7) is 2.14. The van der Waals surface area contributed by atoms with Crippen LogP contribution in [0.4, 0.5) is 0 Å². The molecule has 7 rings (SSSR count). The third kappa shape index (κ3) is 2.41. The summed E-state index contributed by atoms with van der Waals surface area (Å²) < 4.78 is 8.48. The summed E-state index contributed by atoms with van der Waals surface area (Å²) in [5.41, 5.74) is 2.62. The molecule has 0 nitrogen and oxygen atoms in total. The standard InChI is InChI=1S/C25H14S4/c1-13-2-4-14(5-3-13)20-9-16-10-23-18(12-21(16)27-20)25-24(29-23)17-11-19-15(6-7-26-19)8-22(17)28-25/h2-12H,1H3. The first kappa shape index (κ1) is 16.5. The molecule has 0 saturated carbocycles. The normalized spacial score (nSPS) is 12.3. The summed E-state index contributed by atoms with van der Waals surface area (Å²) in [6, 6.07) is 23.0. The lowest BCUT2D eigenvalue weighted by Crippen LogP contribution is -1.72. The Hall–Kier alpha value is -2.24. The predicted molar refractivity (Wildman–Crippen MR) is 136 cm³/mol. The minimum atomic E-state index is 1.31. The first-order chi connectivity index (χ1) is 14.2. The molecule has 0 aliphatic heterocycles. The van der Waals surface area contributed by atoms with Gasteiger partial charge in [-0.2, -0.15) is 0 Å². The van der Waals surface area contributed by atoms with Crippen molar-refractivity contribution in [3.63, 3.8) is 0 Å². The quantitative estimate of drug-likeness (QED) is 0.237. The van der Waals surface area contributed by atoms with Crippen LogP contribution < -0.4 is 0 Å². The second-order valence-corrected chi connectivity index (χ2v) is 11.7. The van der Waals surface area contributed by atoms with Crippen molar-refractivity contribution in [3.05, 3.63) is 71.6 Å². The van der Waals surface area contributed by atoms with Gasteiger partial charge in [0.2, 0.25) is 0 Å². The van der Waals surface area contributed by atoms with E-state index in [2.05, 4.69) is 73.0 Å². The van der Waals surface area contributed by atoms with Gasteiger partial charge in [0.1, 0.15) is 0 Å². The molecule has 4 heterocycles. The van der Waals surface area contributed by atoms with E-state index in [1.807, 2.05) is 45.3 Å². The van der Waals surface area contributed by atoms with E-state index in [9.17, 15) is 0 Å². The first-order valence-electron chi connectivity index (χ1n) is 9.49. The molecule has 0 spiro atoms. The Kier molecular flexibility index (Phi) is 3.36. The molecule has 7 aromatic rings. The largest absolute Gasteiger partial charge is 0.144 e. The number of hydrogen-bond acceptors (Lipinski definition) is 4. The van der Waals surface area contributed by atoms with Gasteiger partial charge in [-0.05, 0) is 65.0 Å². The molecule has 0 bridgehead atoms. The first-order valence-corrected chi connectivity index (χ1v) is 12.8. The maximum atomic E-state index is 2.42. The van der Waals surface area contributed by atoms with E-state index in [-0.39, 0.29) is 0 Å². The lowest BCUT2D eigenvalue weighted by molar-refractivity contribution is 1.48. The number of benzene rings is 3. The van der Waals surface area contributed by atoms with Crippen LogP contribution >= 0.6 is 45.3 Å². The molecule has 138 valence electrons. The Balaban J connectivity index is 1.49. The molecule has 0 aliphatic carbocycles. The molecular formula is C25H14S4. The molecule has 0 radical (unpaired) electrons. The summed E-state index contributed by atoms with van der Waals surface area (Å²) in [5.74, 6) is 0. The predicted octanol–water partition coefficient (Wildman–Crippen LogP) is 9.67. The van der Waals surface area contributed by atoms with E-state index in [0.717, 1.165) is 0 Å². The third-order valence-electron chi connectivity index (χ3n) is 5.63. The fourth-order valence-corrected chi connectivity index (χ4v) is 8.70. The third-order valence-corrected chi connectivity index (χ3v) is 10.2. The van der Waals surface area contributed by atoms with E-state index < -0.39 is 0 Å². The highest BCUT2D eigenvalue weighted by Crippen LogP contribution is 2.47. The molecule has 3 aromatic carbocycles. The second-order valence-electron chi connectivity index (χ2n) is 7.53. The highest BCUT2D eigenvalue weighted by atomic mass is 32.1. The minimum absolute atomic E-state index is 1.31. The van der Waals surface area contributed by atoms with Gasteiger partial charge >= 0.3 is 0 Å². The highest BCUT2D eigenvalue weighted by molar-refractivity contribution is 7.36. The van der Waals surface area contributed by atoms with Crippen molar-refractivity contribution in [2.45, 2.75) is 6.92 Å². The summed E-state index contributed by atoms with van der Waals surface area (Å²) in [5, 5.41) is 7.75. The van der Waals surface area contributed by atoms with Gasteiger partial charge < -0.3 is 0 Å². The zero-order valence-electron chi connectivity index (χ0n) is 15.5. The lowest BCUT2D eigenvalue weighted by atomic mass is 10.1. The molecule has 0 N–H and O–H groups in total. The fraction of sp³-hybridized carbons (Fsp3) is 0.0400. The van der Waals surface area contributed by atoms with E-state index >= 15 is 0 Å². The van der Waals surface area contributed by atoms with Crippen LogP contribution in [0.25, 0.3) is 60.2 Å². The summed E-state index contributed by atoms with van der Waals surface area (Å²) in [7, 11) is 0. The van der Waals surface area contributed by atoms with Crippen LogP contribution in [0.2, 0.25) is 0 Å². The van der Waals surface area contributed by atoms with Gasteiger partial charge in [-0.25, -0.2) is 0 Å². The van der Waals surface area contributed by atoms with Crippen molar-refractivity contribution in [2.75, 3.05) is 0 Å².